The molecule has 0 fully saturated rings. The molecule has 0 radical (unpaired) electrons. The smallest absolute Gasteiger partial charge is 0.220 e. The lowest BCUT2D eigenvalue weighted by Gasteiger charge is -2.39. The van der Waals surface area contributed by atoms with Gasteiger partial charge in [-0.2, -0.15) is 0 Å². The van der Waals surface area contributed by atoms with Crippen LogP contribution in [-0.4, -0.2) is 31.4 Å². The molecule has 1 N–H and O–H groups in total. The number of carbonyl (C=O) groups is 2. The van der Waals surface area contributed by atoms with Crippen molar-refractivity contribution >= 4 is 11.7 Å². The van der Waals surface area contributed by atoms with Crippen LogP contribution in [-0.2, 0) is 14.3 Å². The second-order valence-electron chi connectivity index (χ2n) is 8.09. The number of Topliss-reactive ketones (excluding diaryl/α,β-unsaturated/α-hetero) is 1. The van der Waals surface area contributed by atoms with E-state index >= 15 is 0 Å². The van der Waals surface area contributed by atoms with Gasteiger partial charge in [0.1, 0.15) is 5.78 Å². The number of ether oxygens (including phenoxy) is 1. The largest absolute Gasteiger partial charge is 0.380 e. The minimum atomic E-state index is -0.0974. The molecule has 4 heteroatoms. The number of nitrogens with one attached hydrogen (secondary N) is 1. The summed E-state index contributed by atoms with van der Waals surface area (Å²) in [5.41, 5.74) is -0.195. The molecule has 0 aromatic carbocycles. The summed E-state index contributed by atoms with van der Waals surface area (Å²) in [4.78, 5) is 24.3. The zero-order chi connectivity index (χ0) is 17.4. The predicted molar refractivity (Wildman–Crippen MR) is 90.8 cm³/mol. The van der Waals surface area contributed by atoms with Crippen molar-refractivity contribution in [3.63, 3.8) is 0 Å². The van der Waals surface area contributed by atoms with Crippen LogP contribution in [0, 0.1) is 16.7 Å². The molecule has 0 aliphatic rings. The van der Waals surface area contributed by atoms with Gasteiger partial charge in [-0.25, -0.2) is 0 Å². The van der Waals surface area contributed by atoms with Crippen LogP contribution in [0.15, 0.2) is 0 Å². The van der Waals surface area contributed by atoms with Crippen LogP contribution in [0.25, 0.3) is 0 Å². The standard InChI is InChI=1S/C18H35NO3/c1-8-12-22-13-11-19-15(21)10-9-14(20)16(17(2,3)4)18(5,6)7/h16H,8-13H2,1-7H3,(H,19,21). The highest BCUT2D eigenvalue weighted by Gasteiger charge is 2.39. The molecule has 0 rings (SSSR count). The molecule has 0 saturated heterocycles. The third kappa shape index (κ3) is 8.52. The van der Waals surface area contributed by atoms with Crippen molar-refractivity contribution in [3.05, 3.63) is 0 Å². The summed E-state index contributed by atoms with van der Waals surface area (Å²) in [6, 6.07) is 0. The molecular weight excluding hydrogens is 278 g/mol. The van der Waals surface area contributed by atoms with Crippen molar-refractivity contribution in [2.24, 2.45) is 16.7 Å². The van der Waals surface area contributed by atoms with Crippen LogP contribution in [0.1, 0.15) is 67.7 Å². The number of rotatable bonds is 9. The molecule has 0 aliphatic carbocycles. The van der Waals surface area contributed by atoms with Crippen LogP contribution in [0.5, 0.6) is 0 Å². The van der Waals surface area contributed by atoms with Crippen molar-refractivity contribution in [2.75, 3.05) is 19.8 Å². The second-order valence-corrected chi connectivity index (χ2v) is 8.09. The van der Waals surface area contributed by atoms with Crippen molar-refractivity contribution in [1.29, 1.82) is 0 Å². The number of hydrogen-bond donors (Lipinski definition) is 1. The lowest BCUT2D eigenvalue weighted by Crippen LogP contribution is -2.39. The van der Waals surface area contributed by atoms with Crippen LogP contribution >= 0.6 is 0 Å². The van der Waals surface area contributed by atoms with Gasteiger partial charge >= 0.3 is 0 Å². The molecule has 0 aromatic rings. The third-order valence-electron chi connectivity index (χ3n) is 3.57. The van der Waals surface area contributed by atoms with E-state index in [-0.39, 0.29) is 34.9 Å². The molecule has 0 bridgehead atoms. The molecule has 1 amide bonds. The van der Waals surface area contributed by atoms with Gasteiger partial charge in [-0.05, 0) is 17.3 Å². The third-order valence-corrected chi connectivity index (χ3v) is 3.57. The van der Waals surface area contributed by atoms with E-state index in [1.807, 2.05) is 6.92 Å². The van der Waals surface area contributed by atoms with Gasteiger partial charge in [-0.3, -0.25) is 9.59 Å². The maximum absolute atomic E-state index is 12.6. The summed E-state index contributed by atoms with van der Waals surface area (Å²) in [5.74, 6) is 0.0492. The zero-order valence-corrected chi connectivity index (χ0v) is 15.5. The highest BCUT2D eigenvalue weighted by atomic mass is 16.5. The summed E-state index contributed by atoms with van der Waals surface area (Å²) < 4.78 is 5.30. The highest BCUT2D eigenvalue weighted by Crippen LogP contribution is 2.41. The Morgan fingerprint density at radius 3 is 1.95 bits per heavy atom. The van der Waals surface area contributed by atoms with E-state index in [0.29, 0.717) is 26.2 Å². The van der Waals surface area contributed by atoms with Crippen LogP contribution < -0.4 is 5.32 Å². The van der Waals surface area contributed by atoms with Crippen molar-refractivity contribution in [2.45, 2.75) is 67.7 Å². The van der Waals surface area contributed by atoms with Gasteiger partial charge in [-0.1, -0.05) is 48.5 Å². The SMILES string of the molecule is CCCOCCNC(=O)CCC(=O)C(C(C)(C)C)C(C)(C)C. The monoisotopic (exact) mass is 313 g/mol. The van der Waals surface area contributed by atoms with E-state index in [1.165, 1.54) is 0 Å². The van der Waals surface area contributed by atoms with Gasteiger partial charge in [0.15, 0.2) is 0 Å². The Kier molecular flexibility index (Phi) is 8.91. The quantitative estimate of drug-likeness (QED) is 0.662. The summed E-state index contributed by atoms with van der Waals surface area (Å²) in [6.45, 7) is 16.3. The number of ketones is 1. The van der Waals surface area contributed by atoms with Gasteiger partial charge in [0, 0.05) is 31.9 Å². The van der Waals surface area contributed by atoms with Gasteiger partial charge in [0.05, 0.1) is 6.61 Å². The number of carbonyl (C=O) groups excluding carboxylic acids is 2. The molecule has 0 saturated carbocycles. The number of amides is 1. The Morgan fingerprint density at radius 2 is 1.50 bits per heavy atom. The molecular formula is C18H35NO3. The van der Waals surface area contributed by atoms with E-state index in [9.17, 15) is 9.59 Å². The minimum Gasteiger partial charge on any atom is -0.380 e. The van der Waals surface area contributed by atoms with Crippen LogP contribution in [0.4, 0.5) is 0 Å². The average molecular weight is 313 g/mol. The molecule has 0 aromatic heterocycles. The summed E-state index contributed by atoms with van der Waals surface area (Å²) in [5, 5.41) is 2.80. The molecule has 0 heterocycles. The first kappa shape index (κ1) is 21.1. The van der Waals surface area contributed by atoms with Crippen molar-refractivity contribution in [3.8, 4) is 0 Å². The minimum absolute atomic E-state index is 0.0549. The first-order chi connectivity index (χ1) is 10.00. The van der Waals surface area contributed by atoms with E-state index < -0.39 is 0 Å². The van der Waals surface area contributed by atoms with Crippen molar-refractivity contribution in [1.82, 2.24) is 5.32 Å². The number of hydrogen-bond acceptors (Lipinski definition) is 3. The topological polar surface area (TPSA) is 55.4 Å². The van der Waals surface area contributed by atoms with E-state index in [1.54, 1.807) is 0 Å². The lowest BCUT2D eigenvalue weighted by molar-refractivity contribution is -0.133. The Balaban J connectivity index is 4.27. The Morgan fingerprint density at radius 1 is 0.955 bits per heavy atom. The van der Waals surface area contributed by atoms with E-state index in [2.05, 4.69) is 46.9 Å². The Hall–Kier alpha value is -0.900. The van der Waals surface area contributed by atoms with Crippen LogP contribution in [0.3, 0.4) is 0 Å². The summed E-state index contributed by atoms with van der Waals surface area (Å²) in [7, 11) is 0. The van der Waals surface area contributed by atoms with Gasteiger partial charge < -0.3 is 10.1 Å². The zero-order valence-electron chi connectivity index (χ0n) is 15.5. The molecule has 0 atom stereocenters. The fourth-order valence-corrected chi connectivity index (χ4v) is 3.24. The Bertz CT molecular complexity index is 336. The molecule has 130 valence electrons. The molecule has 0 spiro atoms. The van der Waals surface area contributed by atoms with Gasteiger partial charge in [-0.15, -0.1) is 0 Å². The average Bonchev–Trinajstić information content (AvgIpc) is 2.32. The Labute approximate surface area is 136 Å². The molecule has 0 aliphatic heterocycles. The first-order valence-corrected chi connectivity index (χ1v) is 8.37. The van der Waals surface area contributed by atoms with Crippen molar-refractivity contribution < 1.29 is 14.3 Å². The molecule has 0 unspecified atom stereocenters. The van der Waals surface area contributed by atoms with E-state index in [4.69, 9.17) is 4.74 Å². The fourth-order valence-electron chi connectivity index (χ4n) is 3.24. The van der Waals surface area contributed by atoms with Gasteiger partial charge in [0.2, 0.25) is 5.91 Å². The molecule has 4 nitrogen and oxygen atoms in total. The fraction of sp³-hybridized carbons (Fsp3) is 0.889. The summed E-state index contributed by atoms with van der Waals surface area (Å²) >= 11 is 0. The molecule has 22 heavy (non-hydrogen) atoms. The lowest BCUT2D eigenvalue weighted by atomic mass is 9.64. The predicted octanol–water partition coefficient (Wildman–Crippen LogP) is 3.59. The normalized spacial score (nSPS) is 12.5. The van der Waals surface area contributed by atoms with Gasteiger partial charge in [0.25, 0.3) is 0 Å². The van der Waals surface area contributed by atoms with Crippen LogP contribution in [0.2, 0.25) is 0 Å². The van der Waals surface area contributed by atoms with E-state index in [0.717, 1.165) is 6.42 Å². The second kappa shape index (κ2) is 9.29. The first-order valence-electron chi connectivity index (χ1n) is 8.37. The maximum atomic E-state index is 12.6. The highest BCUT2D eigenvalue weighted by molar-refractivity contribution is 5.87. The summed E-state index contributed by atoms with van der Waals surface area (Å²) in [6.07, 6.45) is 1.54. The maximum Gasteiger partial charge on any atom is 0.220 e.